The number of ether oxygens (including phenoxy) is 1. The number of hydrogen-bond donors (Lipinski definition) is 0. The van der Waals surface area contributed by atoms with Crippen molar-refractivity contribution >= 4 is 21.7 Å². The van der Waals surface area contributed by atoms with Gasteiger partial charge in [0.2, 0.25) is 0 Å². The Bertz CT molecular complexity index is 1360. The smallest absolute Gasteiger partial charge is 0.174 e. The summed E-state index contributed by atoms with van der Waals surface area (Å²) in [5.74, 6) is -0.145. The number of aromatic nitrogens is 5. The molecule has 0 N–H and O–H groups in total. The lowest BCUT2D eigenvalue weighted by molar-refractivity contribution is 0.00370. The van der Waals surface area contributed by atoms with Crippen molar-refractivity contribution in [1.29, 1.82) is 0 Å². The average molecular weight is 466 g/mol. The summed E-state index contributed by atoms with van der Waals surface area (Å²) in [5, 5.41) is 9.10. The highest BCUT2D eigenvalue weighted by Crippen LogP contribution is 2.45. The molecule has 1 saturated heterocycles. The normalized spacial score (nSPS) is 20.9. The van der Waals surface area contributed by atoms with Gasteiger partial charge in [-0.3, -0.25) is 0 Å². The molecule has 1 aliphatic carbocycles. The largest absolute Gasteiger partial charge is 0.373 e. The molecule has 2 atom stereocenters. The van der Waals surface area contributed by atoms with Crippen molar-refractivity contribution in [1.82, 2.24) is 25.1 Å². The summed E-state index contributed by atoms with van der Waals surface area (Å²) >= 11 is 1.52. The third-order valence-electron chi connectivity index (χ3n) is 6.22. The van der Waals surface area contributed by atoms with E-state index in [1.165, 1.54) is 23.5 Å². The predicted molar refractivity (Wildman–Crippen MR) is 120 cm³/mol. The zero-order chi connectivity index (χ0) is 22.5. The van der Waals surface area contributed by atoms with Gasteiger partial charge in [-0.25, -0.2) is 23.7 Å². The van der Waals surface area contributed by atoms with Crippen molar-refractivity contribution in [3.8, 4) is 11.3 Å². The number of hydrogen-bond acceptors (Lipinski definition) is 7. The minimum absolute atomic E-state index is 0.0231. The molecule has 0 amide bonds. The maximum atomic E-state index is 14.8. The van der Waals surface area contributed by atoms with Gasteiger partial charge < -0.3 is 4.74 Å². The maximum Gasteiger partial charge on any atom is 0.174 e. The Labute approximate surface area is 193 Å². The molecule has 1 aromatic carbocycles. The van der Waals surface area contributed by atoms with E-state index in [4.69, 9.17) is 19.7 Å². The number of rotatable bonds is 4. The molecule has 4 heterocycles. The Morgan fingerprint density at radius 2 is 1.91 bits per heavy atom. The van der Waals surface area contributed by atoms with Gasteiger partial charge in [-0.05, 0) is 50.8 Å². The van der Waals surface area contributed by atoms with Crippen LogP contribution in [-0.4, -0.2) is 31.8 Å². The lowest BCUT2D eigenvalue weighted by atomic mass is 9.91. The number of benzene rings is 1. The minimum atomic E-state index is -0.634. The molecular weight excluding hydrogens is 444 g/mol. The van der Waals surface area contributed by atoms with E-state index in [0.717, 1.165) is 46.3 Å². The molecule has 2 aliphatic rings. The number of halogens is 2. The van der Waals surface area contributed by atoms with E-state index in [-0.39, 0.29) is 17.6 Å². The van der Waals surface area contributed by atoms with Crippen LogP contribution >= 0.6 is 11.3 Å². The molecule has 3 aromatic heterocycles. The molecule has 6 rings (SSSR count). The van der Waals surface area contributed by atoms with Crippen molar-refractivity contribution in [2.45, 2.75) is 50.5 Å². The standard InChI is InChI=1S/C24H21F2N5OS/c1-12-8-15(11-27-31-12)19-9-14(6-7-32-19)22-28-20(17-5-4-16(25)10-18(17)26)21-23(29-22)30-24(33-21)13-2-3-13/h4-5,8,10-11,13-14,19H,2-3,6-7,9H2,1H3. The van der Waals surface area contributed by atoms with E-state index in [1.807, 2.05) is 13.0 Å². The van der Waals surface area contributed by atoms with Crippen molar-refractivity contribution in [2.75, 3.05) is 6.61 Å². The molecule has 1 aliphatic heterocycles. The topological polar surface area (TPSA) is 73.7 Å². The first-order valence-corrected chi connectivity index (χ1v) is 11.9. The van der Waals surface area contributed by atoms with Crippen LogP contribution in [0.5, 0.6) is 0 Å². The van der Waals surface area contributed by atoms with Gasteiger partial charge in [0, 0.05) is 35.6 Å². The fourth-order valence-electron chi connectivity index (χ4n) is 4.34. The van der Waals surface area contributed by atoms with Crippen LogP contribution in [-0.2, 0) is 4.74 Å². The zero-order valence-electron chi connectivity index (χ0n) is 18.0. The van der Waals surface area contributed by atoms with Crippen LogP contribution in [0.4, 0.5) is 8.78 Å². The third-order valence-corrected chi connectivity index (χ3v) is 7.43. The summed E-state index contributed by atoms with van der Waals surface area (Å²) in [6, 6.07) is 5.59. The first-order chi connectivity index (χ1) is 16.0. The lowest BCUT2D eigenvalue weighted by Crippen LogP contribution is -2.21. The minimum Gasteiger partial charge on any atom is -0.373 e. The van der Waals surface area contributed by atoms with Gasteiger partial charge in [-0.2, -0.15) is 10.2 Å². The molecule has 2 fully saturated rings. The molecular formula is C24H21F2N5OS. The summed E-state index contributed by atoms with van der Waals surface area (Å²) in [4.78, 5) is 14.4. The molecule has 6 nitrogen and oxygen atoms in total. The van der Waals surface area contributed by atoms with Crippen molar-refractivity contribution < 1.29 is 13.5 Å². The van der Waals surface area contributed by atoms with Crippen LogP contribution in [0.2, 0.25) is 0 Å². The van der Waals surface area contributed by atoms with Crippen molar-refractivity contribution in [3.05, 3.63) is 64.2 Å². The van der Waals surface area contributed by atoms with Gasteiger partial charge >= 0.3 is 0 Å². The predicted octanol–water partition coefficient (Wildman–Crippen LogP) is 5.64. The Kier molecular flexibility index (Phi) is 5.10. The van der Waals surface area contributed by atoms with E-state index < -0.39 is 11.6 Å². The molecule has 4 aromatic rings. The highest BCUT2D eigenvalue weighted by atomic mass is 32.1. The van der Waals surface area contributed by atoms with E-state index >= 15 is 0 Å². The average Bonchev–Trinajstić information content (AvgIpc) is 3.57. The van der Waals surface area contributed by atoms with Gasteiger partial charge in [0.05, 0.1) is 28.7 Å². The highest BCUT2D eigenvalue weighted by molar-refractivity contribution is 7.19. The quantitative estimate of drug-likeness (QED) is 0.388. The maximum absolute atomic E-state index is 14.8. The SMILES string of the molecule is Cc1cc(C2CC(c3nc(-c4ccc(F)cc4F)c4sc(C5CC5)nc4n3)CCO2)cnn1. The van der Waals surface area contributed by atoms with E-state index in [2.05, 4.69) is 10.2 Å². The van der Waals surface area contributed by atoms with Gasteiger partial charge in [0.25, 0.3) is 0 Å². The Morgan fingerprint density at radius 1 is 1.03 bits per heavy atom. The van der Waals surface area contributed by atoms with Crippen molar-refractivity contribution in [3.63, 3.8) is 0 Å². The number of fused-ring (bicyclic) bond motifs is 1. The summed E-state index contributed by atoms with van der Waals surface area (Å²) in [5.41, 5.74) is 3.16. The Morgan fingerprint density at radius 3 is 2.70 bits per heavy atom. The van der Waals surface area contributed by atoms with Gasteiger partial charge in [-0.1, -0.05) is 0 Å². The fourth-order valence-corrected chi connectivity index (χ4v) is 5.52. The third kappa shape index (κ3) is 4.00. The highest BCUT2D eigenvalue weighted by Gasteiger charge is 2.31. The van der Waals surface area contributed by atoms with E-state index in [9.17, 15) is 8.78 Å². The van der Waals surface area contributed by atoms with Crippen LogP contribution in [0, 0.1) is 18.6 Å². The number of thiazole rings is 1. The van der Waals surface area contributed by atoms with Crippen LogP contribution in [0.25, 0.3) is 21.6 Å². The first kappa shape index (κ1) is 20.7. The first-order valence-electron chi connectivity index (χ1n) is 11.1. The van der Waals surface area contributed by atoms with Gasteiger partial charge in [-0.15, -0.1) is 11.3 Å². The summed E-state index contributed by atoms with van der Waals surface area (Å²) in [6.07, 6.45) is 5.25. The fraction of sp³-hybridized carbons (Fsp3) is 0.375. The Hall–Kier alpha value is -2.91. The van der Waals surface area contributed by atoms with E-state index in [1.54, 1.807) is 6.20 Å². The molecule has 33 heavy (non-hydrogen) atoms. The number of nitrogens with zero attached hydrogens (tertiary/aromatic N) is 5. The molecule has 168 valence electrons. The van der Waals surface area contributed by atoms with Crippen LogP contribution in [0.1, 0.15) is 65.7 Å². The summed E-state index contributed by atoms with van der Waals surface area (Å²) < 4.78 is 35.1. The van der Waals surface area contributed by atoms with E-state index in [0.29, 0.717) is 36.1 Å². The summed E-state index contributed by atoms with van der Waals surface area (Å²) in [7, 11) is 0. The lowest BCUT2D eigenvalue weighted by Gasteiger charge is -2.29. The molecule has 0 spiro atoms. The Balaban J connectivity index is 1.43. The second-order valence-electron chi connectivity index (χ2n) is 8.74. The van der Waals surface area contributed by atoms with Gasteiger partial charge in [0.1, 0.15) is 22.2 Å². The zero-order valence-corrected chi connectivity index (χ0v) is 18.8. The molecule has 9 heteroatoms. The second-order valence-corrected chi connectivity index (χ2v) is 9.78. The van der Waals surface area contributed by atoms with Crippen LogP contribution < -0.4 is 0 Å². The summed E-state index contributed by atoms with van der Waals surface area (Å²) in [6.45, 7) is 2.46. The van der Waals surface area contributed by atoms with Crippen LogP contribution in [0.15, 0.2) is 30.5 Å². The molecule has 1 saturated carbocycles. The molecule has 0 radical (unpaired) electrons. The second kappa shape index (κ2) is 8.14. The number of aryl methyl sites for hydroxylation is 1. The monoisotopic (exact) mass is 465 g/mol. The van der Waals surface area contributed by atoms with Crippen LogP contribution in [0.3, 0.4) is 0 Å². The van der Waals surface area contributed by atoms with Gasteiger partial charge in [0.15, 0.2) is 5.65 Å². The van der Waals surface area contributed by atoms with Crippen molar-refractivity contribution in [2.24, 2.45) is 0 Å². The molecule has 2 unspecified atom stereocenters. The molecule has 0 bridgehead atoms.